The second-order valence-electron chi connectivity index (χ2n) is 7.51. The van der Waals surface area contributed by atoms with Crippen LogP contribution < -0.4 is 21.2 Å². The van der Waals surface area contributed by atoms with E-state index in [-0.39, 0.29) is 17.0 Å². The van der Waals surface area contributed by atoms with Gasteiger partial charge in [0.05, 0.1) is 22.3 Å². The number of anilines is 1. The number of halogens is 3. The number of aromatic nitrogens is 2. The Labute approximate surface area is 190 Å². The number of fused-ring (bicyclic) bond motifs is 1. The van der Waals surface area contributed by atoms with Gasteiger partial charge in [-0.05, 0) is 42.5 Å². The minimum absolute atomic E-state index is 0.00638. The zero-order valence-electron chi connectivity index (χ0n) is 18.0. The molecular weight excluding hydrogens is 451 g/mol. The highest BCUT2D eigenvalue weighted by molar-refractivity contribution is 6.06. The van der Waals surface area contributed by atoms with Crippen molar-refractivity contribution in [1.82, 2.24) is 9.13 Å². The topological polar surface area (TPSA) is 82.3 Å². The maximum Gasteiger partial charge on any atom is 0.416 e. The van der Waals surface area contributed by atoms with E-state index in [1.807, 2.05) is 0 Å². The summed E-state index contributed by atoms with van der Waals surface area (Å²) in [6.07, 6.45) is -4.52. The summed E-state index contributed by atoms with van der Waals surface area (Å²) in [7, 11) is 2.87. The third-order valence-corrected chi connectivity index (χ3v) is 5.29. The molecule has 1 aromatic heterocycles. The average Bonchev–Trinajstić information content (AvgIpc) is 2.82. The fourth-order valence-corrected chi connectivity index (χ4v) is 3.40. The molecule has 0 saturated heterocycles. The van der Waals surface area contributed by atoms with Crippen LogP contribution in [-0.2, 0) is 20.3 Å². The van der Waals surface area contributed by atoms with Crippen LogP contribution in [0.15, 0.2) is 76.3 Å². The van der Waals surface area contributed by atoms with Gasteiger partial charge in [-0.2, -0.15) is 13.2 Å². The molecule has 0 spiro atoms. The SMILES string of the molecule is Cn1c(=O)c(=O)n(C)c2cc(Oc3ccccc3)c(NC(=O)c3ccc(C(F)(F)F)cc3)cc21. The van der Waals surface area contributed by atoms with Gasteiger partial charge < -0.3 is 19.2 Å². The number of rotatable bonds is 4. The van der Waals surface area contributed by atoms with E-state index in [1.54, 1.807) is 30.3 Å². The monoisotopic (exact) mass is 469 g/mol. The van der Waals surface area contributed by atoms with E-state index in [9.17, 15) is 27.6 Å². The minimum Gasteiger partial charge on any atom is -0.455 e. The Bertz CT molecular complexity index is 1510. The lowest BCUT2D eigenvalue weighted by molar-refractivity contribution is -0.137. The predicted molar refractivity (Wildman–Crippen MR) is 120 cm³/mol. The van der Waals surface area contributed by atoms with Crippen LogP contribution >= 0.6 is 0 Å². The van der Waals surface area contributed by atoms with Crippen molar-refractivity contribution in [3.05, 3.63) is 98.6 Å². The van der Waals surface area contributed by atoms with E-state index in [1.165, 1.54) is 30.8 Å². The Kier molecular flexibility index (Phi) is 5.74. The van der Waals surface area contributed by atoms with Gasteiger partial charge in [0, 0.05) is 25.7 Å². The van der Waals surface area contributed by atoms with Crippen LogP contribution in [0.5, 0.6) is 11.5 Å². The highest BCUT2D eigenvalue weighted by Gasteiger charge is 2.30. The first-order valence-electron chi connectivity index (χ1n) is 10.0. The molecule has 0 unspecified atom stereocenters. The van der Waals surface area contributed by atoms with Gasteiger partial charge in [0.1, 0.15) is 5.75 Å². The second-order valence-corrected chi connectivity index (χ2v) is 7.51. The van der Waals surface area contributed by atoms with E-state index in [0.717, 1.165) is 28.8 Å². The van der Waals surface area contributed by atoms with Crippen molar-refractivity contribution >= 4 is 22.6 Å². The summed E-state index contributed by atoms with van der Waals surface area (Å²) in [5, 5.41) is 2.63. The number of aryl methyl sites for hydroxylation is 2. The fourth-order valence-electron chi connectivity index (χ4n) is 3.40. The third kappa shape index (κ3) is 4.29. The molecule has 0 aliphatic heterocycles. The molecule has 0 radical (unpaired) electrons. The molecule has 4 aromatic rings. The van der Waals surface area contributed by atoms with Gasteiger partial charge in [-0.1, -0.05) is 18.2 Å². The van der Waals surface area contributed by atoms with Crippen LogP contribution in [-0.4, -0.2) is 15.0 Å². The largest absolute Gasteiger partial charge is 0.455 e. The quantitative estimate of drug-likeness (QED) is 0.452. The Morgan fingerprint density at radius 3 is 1.97 bits per heavy atom. The number of nitrogens with zero attached hydrogens (tertiary/aromatic N) is 2. The molecular formula is C24H18F3N3O4. The second kappa shape index (κ2) is 8.54. The van der Waals surface area contributed by atoms with Crippen molar-refractivity contribution < 1.29 is 22.7 Å². The van der Waals surface area contributed by atoms with Crippen LogP contribution in [0.4, 0.5) is 18.9 Å². The lowest BCUT2D eigenvalue weighted by Crippen LogP contribution is -2.39. The summed E-state index contributed by atoms with van der Waals surface area (Å²) in [4.78, 5) is 37.3. The summed E-state index contributed by atoms with van der Waals surface area (Å²) < 4.78 is 46.8. The molecule has 0 aliphatic rings. The molecule has 0 saturated carbocycles. The van der Waals surface area contributed by atoms with Gasteiger partial charge in [0.15, 0.2) is 5.75 Å². The number of para-hydroxylation sites is 1. The van der Waals surface area contributed by atoms with Crippen LogP contribution in [0.1, 0.15) is 15.9 Å². The molecule has 0 aliphatic carbocycles. The van der Waals surface area contributed by atoms with E-state index in [2.05, 4.69) is 5.32 Å². The Balaban J connectivity index is 1.81. The van der Waals surface area contributed by atoms with Gasteiger partial charge in [0.25, 0.3) is 5.91 Å². The Morgan fingerprint density at radius 2 is 1.41 bits per heavy atom. The maximum atomic E-state index is 12.8. The molecule has 7 nitrogen and oxygen atoms in total. The molecule has 34 heavy (non-hydrogen) atoms. The number of hydrogen-bond donors (Lipinski definition) is 1. The number of nitrogens with one attached hydrogen (secondary N) is 1. The van der Waals surface area contributed by atoms with E-state index in [0.29, 0.717) is 16.8 Å². The molecule has 4 rings (SSSR count). The number of hydrogen-bond acceptors (Lipinski definition) is 4. The normalized spacial score (nSPS) is 11.4. The van der Waals surface area contributed by atoms with Crippen molar-refractivity contribution in [1.29, 1.82) is 0 Å². The van der Waals surface area contributed by atoms with Gasteiger partial charge >= 0.3 is 17.3 Å². The Hall–Kier alpha value is -4.34. The van der Waals surface area contributed by atoms with Gasteiger partial charge in [0.2, 0.25) is 0 Å². The first-order valence-corrected chi connectivity index (χ1v) is 10.0. The van der Waals surface area contributed by atoms with Crippen molar-refractivity contribution in [3.8, 4) is 11.5 Å². The molecule has 10 heteroatoms. The maximum absolute atomic E-state index is 12.8. The molecule has 1 heterocycles. The highest BCUT2D eigenvalue weighted by Crippen LogP contribution is 2.34. The summed E-state index contributed by atoms with van der Waals surface area (Å²) in [5.41, 5.74) is -1.49. The average molecular weight is 469 g/mol. The lowest BCUT2D eigenvalue weighted by atomic mass is 10.1. The van der Waals surface area contributed by atoms with Crippen LogP contribution in [0, 0.1) is 0 Å². The van der Waals surface area contributed by atoms with Crippen LogP contribution in [0.2, 0.25) is 0 Å². The molecule has 0 fully saturated rings. The van der Waals surface area contributed by atoms with Crippen molar-refractivity contribution in [3.63, 3.8) is 0 Å². The summed E-state index contributed by atoms with van der Waals surface area (Å²) in [5.74, 6) is -0.0601. The number of ether oxygens (including phenoxy) is 1. The highest BCUT2D eigenvalue weighted by atomic mass is 19.4. The number of amides is 1. The Morgan fingerprint density at radius 1 is 0.853 bits per heavy atom. The van der Waals surface area contributed by atoms with E-state index >= 15 is 0 Å². The lowest BCUT2D eigenvalue weighted by Gasteiger charge is -2.16. The van der Waals surface area contributed by atoms with Gasteiger partial charge in [-0.15, -0.1) is 0 Å². The minimum atomic E-state index is -4.52. The predicted octanol–water partition coefficient (Wildman–Crippen LogP) is 4.30. The number of carbonyl (C=O) groups excluding carboxylic acids is 1. The zero-order chi connectivity index (χ0) is 24.6. The third-order valence-electron chi connectivity index (χ3n) is 5.29. The first-order chi connectivity index (χ1) is 16.1. The number of carbonyl (C=O) groups is 1. The molecule has 3 aromatic carbocycles. The van der Waals surface area contributed by atoms with E-state index in [4.69, 9.17) is 4.74 Å². The van der Waals surface area contributed by atoms with Crippen LogP contribution in [0.3, 0.4) is 0 Å². The molecule has 1 N–H and O–H groups in total. The summed E-state index contributed by atoms with van der Waals surface area (Å²) >= 11 is 0. The standard InChI is InChI=1S/C24H18F3N3O4/c1-29-18-12-17(28-21(31)14-8-10-15(11-9-14)24(25,26)27)20(34-16-6-4-3-5-7-16)13-19(18)30(2)23(33)22(29)32/h3-13H,1-2H3,(H,28,31). The number of benzene rings is 3. The zero-order valence-corrected chi connectivity index (χ0v) is 18.0. The van der Waals surface area contributed by atoms with Crippen LogP contribution in [0.25, 0.3) is 11.0 Å². The molecule has 0 bridgehead atoms. The molecule has 1 amide bonds. The molecule has 0 atom stereocenters. The molecule has 174 valence electrons. The van der Waals surface area contributed by atoms with Crippen molar-refractivity contribution in [2.45, 2.75) is 6.18 Å². The van der Waals surface area contributed by atoms with Gasteiger partial charge in [-0.25, -0.2) is 0 Å². The summed E-state index contributed by atoms with van der Waals surface area (Å²) in [6.45, 7) is 0. The first kappa shape index (κ1) is 22.8. The summed E-state index contributed by atoms with van der Waals surface area (Å²) in [6, 6.07) is 15.4. The smallest absolute Gasteiger partial charge is 0.416 e. The van der Waals surface area contributed by atoms with Crippen molar-refractivity contribution in [2.75, 3.05) is 5.32 Å². The fraction of sp³-hybridized carbons (Fsp3) is 0.125. The number of alkyl halides is 3. The van der Waals surface area contributed by atoms with Crippen molar-refractivity contribution in [2.24, 2.45) is 14.1 Å². The van der Waals surface area contributed by atoms with E-state index < -0.39 is 28.8 Å². The van der Waals surface area contributed by atoms with Gasteiger partial charge in [-0.3, -0.25) is 14.4 Å².